The summed E-state index contributed by atoms with van der Waals surface area (Å²) in [6.07, 6.45) is 0. The predicted molar refractivity (Wildman–Crippen MR) is 96.0 cm³/mol. The van der Waals surface area contributed by atoms with E-state index in [4.69, 9.17) is 9.47 Å². The quantitative estimate of drug-likeness (QED) is 0.890. The summed E-state index contributed by atoms with van der Waals surface area (Å²) in [5, 5.41) is 7.35. The molecule has 3 rings (SSSR count). The van der Waals surface area contributed by atoms with Gasteiger partial charge in [-0.15, -0.1) is 0 Å². The van der Waals surface area contributed by atoms with Gasteiger partial charge in [-0.05, 0) is 11.1 Å². The number of hydrogen-bond acceptors (Lipinski definition) is 4. The van der Waals surface area contributed by atoms with Gasteiger partial charge in [0, 0.05) is 13.1 Å². The van der Waals surface area contributed by atoms with Gasteiger partial charge in [0.1, 0.15) is 0 Å². The second kappa shape index (κ2) is 9.55. The first-order valence-electron chi connectivity index (χ1n) is 8.67. The average Bonchev–Trinajstić information content (AvgIpc) is 2.64. The van der Waals surface area contributed by atoms with Gasteiger partial charge in [-0.1, -0.05) is 60.7 Å². The molecule has 1 aliphatic rings. The number of hydrogen-bond donors (Lipinski definition) is 2. The Morgan fingerprint density at radius 3 is 1.42 bits per heavy atom. The third-order valence-electron chi connectivity index (χ3n) is 4.24. The van der Waals surface area contributed by atoms with Crippen molar-refractivity contribution in [2.24, 2.45) is 0 Å². The molecule has 0 bridgehead atoms. The van der Waals surface area contributed by atoms with E-state index in [1.807, 2.05) is 0 Å². The normalized spacial score (nSPS) is 23.8. The molecule has 24 heavy (non-hydrogen) atoms. The first-order chi connectivity index (χ1) is 11.9. The van der Waals surface area contributed by atoms with Crippen molar-refractivity contribution >= 4 is 0 Å². The molecule has 1 saturated heterocycles. The summed E-state index contributed by atoms with van der Waals surface area (Å²) < 4.78 is 11.2. The standard InChI is InChI=1S/C20H26N2O2/c1-3-7-17(8-4-1)19-20(18-9-5-2-6-10-18)22-12-14-24-16-15-23-13-11-21-19/h1-10,19-22H,11-16H2/t19-,20-/m0/s1. The fraction of sp³-hybridized carbons (Fsp3) is 0.400. The molecule has 0 radical (unpaired) electrons. The van der Waals surface area contributed by atoms with Crippen LogP contribution < -0.4 is 10.6 Å². The van der Waals surface area contributed by atoms with Gasteiger partial charge in [-0.3, -0.25) is 0 Å². The summed E-state index contributed by atoms with van der Waals surface area (Å²) in [7, 11) is 0. The van der Waals surface area contributed by atoms with Gasteiger partial charge in [0.05, 0.1) is 38.5 Å². The van der Waals surface area contributed by atoms with Crippen LogP contribution in [0.15, 0.2) is 60.7 Å². The molecule has 0 amide bonds. The highest BCUT2D eigenvalue weighted by molar-refractivity contribution is 5.27. The molecule has 2 N–H and O–H groups in total. The van der Waals surface area contributed by atoms with Crippen LogP contribution in [-0.2, 0) is 9.47 Å². The van der Waals surface area contributed by atoms with E-state index in [2.05, 4.69) is 71.3 Å². The van der Waals surface area contributed by atoms with Gasteiger partial charge in [-0.25, -0.2) is 0 Å². The van der Waals surface area contributed by atoms with E-state index in [1.165, 1.54) is 11.1 Å². The van der Waals surface area contributed by atoms with Crippen molar-refractivity contribution in [2.75, 3.05) is 39.5 Å². The molecule has 128 valence electrons. The van der Waals surface area contributed by atoms with E-state index in [9.17, 15) is 0 Å². The molecule has 0 saturated carbocycles. The van der Waals surface area contributed by atoms with Crippen molar-refractivity contribution in [2.45, 2.75) is 12.1 Å². The van der Waals surface area contributed by atoms with Crippen LogP contribution in [0, 0.1) is 0 Å². The molecule has 1 aliphatic heterocycles. The summed E-state index contributed by atoms with van der Waals surface area (Å²) in [6, 6.07) is 21.6. The van der Waals surface area contributed by atoms with E-state index >= 15 is 0 Å². The van der Waals surface area contributed by atoms with Crippen molar-refractivity contribution in [3.8, 4) is 0 Å². The lowest BCUT2D eigenvalue weighted by Gasteiger charge is -2.30. The fourth-order valence-electron chi connectivity index (χ4n) is 3.07. The van der Waals surface area contributed by atoms with E-state index in [1.54, 1.807) is 0 Å². The Kier molecular flexibility index (Phi) is 6.81. The summed E-state index contributed by atoms with van der Waals surface area (Å²) in [6.45, 7) is 4.30. The van der Waals surface area contributed by atoms with Crippen molar-refractivity contribution in [1.82, 2.24) is 10.6 Å². The van der Waals surface area contributed by atoms with Gasteiger partial charge in [0.25, 0.3) is 0 Å². The van der Waals surface area contributed by atoms with Crippen LogP contribution in [0.5, 0.6) is 0 Å². The summed E-state index contributed by atoms with van der Waals surface area (Å²) in [5.74, 6) is 0. The van der Waals surface area contributed by atoms with Gasteiger partial charge in [-0.2, -0.15) is 0 Å². The average molecular weight is 326 g/mol. The van der Waals surface area contributed by atoms with Crippen LogP contribution in [0.3, 0.4) is 0 Å². The van der Waals surface area contributed by atoms with Crippen molar-refractivity contribution < 1.29 is 9.47 Å². The molecule has 0 unspecified atom stereocenters. The Balaban J connectivity index is 1.86. The second-order valence-electron chi connectivity index (χ2n) is 5.91. The highest BCUT2D eigenvalue weighted by Crippen LogP contribution is 2.28. The molecule has 0 aromatic heterocycles. The van der Waals surface area contributed by atoms with E-state index in [0.29, 0.717) is 26.4 Å². The minimum atomic E-state index is 0.177. The van der Waals surface area contributed by atoms with Gasteiger partial charge < -0.3 is 20.1 Å². The third-order valence-corrected chi connectivity index (χ3v) is 4.24. The molecule has 1 heterocycles. The minimum absolute atomic E-state index is 0.177. The second-order valence-corrected chi connectivity index (χ2v) is 5.91. The van der Waals surface area contributed by atoms with Crippen molar-refractivity contribution in [1.29, 1.82) is 0 Å². The fourth-order valence-corrected chi connectivity index (χ4v) is 3.07. The van der Waals surface area contributed by atoms with Crippen LogP contribution in [-0.4, -0.2) is 39.5 Å². The molecule has 4 heteroatoms. The zero-order chi connectivity index (χ0) is 16.5. The maximum Gasteiger partial charge on any atom is 0.0701 e. The molecular formula is C20H26N2O2. The molecule has 2 atom stereocenters. The van der Waals surface area contributed by atoms with E-state index in [-0.39, 0.29) is 12.1 Å². The SMILES string of the molecule is c1ccc([C@@H]2NCCOCCOCCN[C@H]2c2ccccc2)cc1. The van der Waals surface area contributed by atoms with E-state index < -0.39 is 0 Å². The number of ether oxygens (including phenoxy) is 2. The summed E-state index contributed by atoms with van der Waals surface area (Å²) >= 11 is 0. The zero-order valence-electron chi connectivity index (χ0n) is 14.0. The third kappa shape index (κ3) is 4.89. The van der Waals surface area contributed by atoms with Crippen LogP contribution >= 0.6 is 0 Å². The Bertz CT molecular complexity index is 523. The summed E-state index contributed by atoms with van der Waals surface area (Å²) in [4.78, 5) is 0. The minimum Gasteiger partial charge on any atom is -0.378 e. The first kappa shape index (κ1) is 17.1. The van der Waals surface area contributed by atoms with Gasteiger partial charge in [0.15, 0.2) is 0 Å². The summed E-state index contributed by atoms with van der Waals surface area (Å²) in [5.41, 5.74) is 2.55. The van der Waals surface area contributed by atoms with Crippen LogP contribution in [0.2, 0.25) is 0 Å². The number of nitrogens with one attached hydrogen (secondary N) is 2. The monoisotopic (exact) mass is 326 g/mol. The van der Waals surface area contributed by atoms with Crippen LogP contribution in [0.25, 0.3) is 0 Å². The van der Waals surface area contributed by atoms with Crippen LogP contribution in [0.4, 0.5) is 0 Å². The predicted octanol–water partition coefficient (Wildman–Crippen LogP) is 2.70. The molecule has 2 aromatic rings. The van der Waals surface area contributed by atoms with E-state index in [0.717, 1.165) is 13.1 Å². The molecule has 0 spiro atoms. The molecule has 0 aliphatic carbocycles. The van der Waals surface area contributed by atoms with Crippen LogP contribution in [0.1, 0.15) is 23.2 Å². The lowest BCUT2D eigenvalue weighted by molar-refractivity contribution is 0.0447. The Hall–Kier alpha value is -1.72. The maximum absolute atomic E-state index is 5.62. The lowest BCUT2D eigenvalue weighted by Crippen LogP contribution is -2.38. The Morgan fingerprint density at radius 1 is 0.583 bits per heavy atom. The highest BCUT2D eigenvalue weighted by Gasteiger charge is 2.24. The number of rotatable bonds is 2. The molecular weight excluding hydrogens is 300 g/mol. The molecule has 4 nitrogen and oxygen atoms in total. The lowest BCUT2D eigenvalue weighted by atomic mass is 9.93. The van der Waals surface area contributed by atoms with Crippen molar-refractivity contribution in [3.63, 3.8) is 0 Å². The smallest absolute Gasteiger partial charge is 0.0701 e. The Labute approximate surface area is 144 Å². The highest BCUT2D eigenvalue weighted by atomic mass is 16.5. The largest absolute Gasteiger partial charge is 0.378 e. The topological polar surface area (TPSA) is 42.5 Å². The van der Waals surface area contributed by atoms with Gasteiger partial charge in [0.2, 0.25) is 0 Å². The zero-order valence-corrected chi connectivity index (χ0v) is 14.0. The maximum atomic E-state index is 5.62. The number of benzene rings is 2. The van der Waals surface area contributed by atoms with Gasteiger partial charge >= 0.3 is 0 Å². The van der Waals surface area contributed by atoms with Crippen molar-refractivity contribution in [3.05, 3.63) is 71.8 Å². The molecule has 2 aromatic carbocycles. The molecule has 1 fully saturated rings. The Morgan fingerprint density at radius 2 is 1.00 bits per heavy atom. The first-order valence-corrected chi connectivity index (χ1v) is 8.67.